The first-order chi connectivity index (χ1) is 9.42. The van der Waals surface area contributed by atoms with Crippen LogP contribution in [0.15, 0.2) is 24.3 Å². The van der Waals surface area contributed by atoms with E-state index in [0.717, 1.165) is 38.9 Å². The minimum atomic E-state index is 0.749. The van der Waals surface area contributed by atoms with Gasteiger partial charge in [0.15, 0.2) is 0 Å². The highest BCUT2D eigenvalue weighted by Crippen LogP contribution is 2.19. The monoisotopic (exact) mass is 260 g/mol. The predicted octanol–water partition coefficient (Wildman–Crippen LogP) is 2.56. The van der Waals surface area contributed by atoms with Crippen molar-refractivity contribution in [1.82, 2.24) is 5.32 Å². The fourth-order valence-corrected chi connectivity index (χ4v) is 3.04. The predicted molar refractivity (Wildman–Crippen MR) is 78.6 cm³/mol. The molecule has 1 aromatic rings. The summed E-state index contributed by atoms with van der Waals surface area (Å²) in [5, 5.41) is 3.66. The summed E-state index contributed by atoms with van der Waals surface area (Å²) in [6.07, 6.45) is 5.50. The van der Waals surface area contributed by atoms with E-state index in [4.69, 9.17) is 4.74 Å². The van der Waals surface area contributed by atoms with E-state index >= 15 is 0 Å². The number of nitrogens with one attached hydrogen (secondary N) is 1. The Balaban J connectivity index is 1.52. The third-order valence-corrected chi connectivity index (χ3v) is 4.26. The third-order valence-electron chi connectivity index (χ3n) is 4.26. The van der Waals surface area contributed by atoms with E-state index in [2.05, 4.69) is 34.5 Å². The number of nitrogens with zero attached hydrogens (tertiary/aromatic N) is 1. The highest BCUT2D eigenvalue weighted by Gasteiger charge is 2.14. The summed E-state index contributed by atoms with van der Waals surface area (Å²) in [5.41, 5.74) is 2.72. The van der Waals surface area contributed by atoms with Gasteiger partial charge in [-0.1, -0.05) is 25.0 Å². The van der Waals surface area contributed by atoms with Gasteiger partial charge < -0.3 is 15.0 Å². The van der Waals surface area contributed by atoms with Gasteiger partial charge in [0, 0.05) is 31.4 Å². The lowest BCUT2D eigenvalue weighted by Crippen LogP contribution is -2.36. The molecule has 19 heavy (non-hydrogen) atoms. The number of hydrogen-bond acceptors (Lipinski definition) is 3. The molecule has 0 aromatic heterocycles. The molecule has 1 N–H and O–H groups in total. The summed E-state index contributed by atoms with van der Waals surface area (Å²) in [7, 11) is 0. The first kappa shape index (κ1) is 12.9. The highest BCUT2D eigenvalue weighted by molar-refractivity contribution is 5.47. The molecule has 1 aliphatic heterocycles. The Morgan fingerprint density at radius 1 is 1.05 bits per heavy atom. The quantitative estimate of drug-likeness (QED) is 0.900. The topological polar surface area (TPSA) is 24.5 Å². The van der Waals surface area contributed by atoms with Gasteiger partial charge in [-0.2, -0.15) is 0 Å². The molecule has 1 saturated heterocycles. The summed E-state index contributed by atoms with van der Waals surface area (Å²) in [4.78, 5) is 2.40. The molecule has 3 nitrogen and oxygen atoms in total. The Morgan fingerprint density at radius 2 is 1.74 bits per heavy atom. The van der Waals surface area contributed by atoms with E-state index < -0.39 is 0 Å². The third kappa shape index (κ3) is 3.48. The largest absolute Gasteiger partial charge is 0.378 e. The number of benzene rings is 1. The van der Waals surface area contributed by atoms with Gasteiger partial charge in [-0.05, 0) is 30.5 Å². The Hall–Kier alpha value is -1.06. The lowest BCUT2D eigenvalue weighted by molar-refractivity contribution is 0.122. The van der Waals surface area contributed by atoms with Crippen LogP contribution < -0.4 is 10.2 Å². The van der Waals surface area contributed by atoms with Crippen molar-refractivity contribution in [3.8, 4) is 0 Å². The second kappa shape index (κ2) is 6.40. The lowest BCUT2D eigenvalue weighted by Gasteiger charge is -2.29. The number of rotatable bonds is 4. The zero-order valence-electron chi connectivity index (χ0n) is 11.6. The van der Waals surface area contributed by atoms with Crippen LogP contribution in [0.2, 0.25) is 0 Å². The van der Waals surface area contributed by atoms with Crippen LogP contribution in [0.1, 0.15) is 31.2 Å². The van der Waals surface area contributed by atoms with Gasteiger partial charge in [-0.3, -0.25) is 0 Å². The molecule has 3 rings (SSSR count). The van der Waals surface area contributed by atoms with Gasteiger partial charge in [0.05, 0.1) is 13.2 Å². The molecule has 2 aliphatic rings. The second-order valence-electron chi connectivity index (χ2n) is 5.63. The summed E-state index contributed by atoms with van der Waals surface area (Å²) in [6.45, 7) is 4.74. The minimum Gasteiger partial charge on any atom is -0.378 e. The molecule has 104 valence electrons. The maximum absolute atomic E-state index is 5.39. The molecule has 1 saturated carbocycles. The van der Waals surface area contributed by atoms with Gasteiger partial charge in [0.2, 0.25) is 0 Å². The molecule has 3 heteroatoms. The standard InChI is InChI=1S/C16H24N2O/c1-2-4-15(3-1)17-13-14-5-7-16(8-6-14)18-9-11-19-12-10-18/h5-8,15,17H,1-4,9-13H2. The number of morpholine rings is 1. The summed E-state index contributed by atoms with van der Waals surface area (Å²) in [5.74, 6) is 0. The van der Waals surface area contributed by atoms with Crippen molar-refractivity contribution in [2.45, 2.75) is 38.3 Å². The number of anilines is 1. The summed E-state index contributed by atoms with van der Waals surface area (Å²) in [6, 6.07) is 9.76. The highest BCUT2D eigenvalue weighted by atomic mass is 16.5. The van der Waals surface area contributed by atoms with Crippen molar-refractivity contribution in [2.75, 3.05) is 31.2 Å². The molecule has 1 aliphatic carbocycles. The zero-order valence-corrected chi connectivity index (χ0v) is 11.6. The first-order valence-corrected chi connectivity index (χ1v) is 7.57. The van der Waals surface area contributed by atoms with Crippen LogP contribution in [-0.2, 0) is 11.3 Å². The van der Waals surface area contributed by atoms with E-state index in [1.807, 2.05) is 0 Å². The Kier molecular flexibility index (Phi) is 4.36. The van der Waals surface area contributed by atoms with Crippen LogP contribution in [0.4, 0.5) is 5.69 Å². The zero-order chi connectivity index (χ0) is 12.9. The lowest BCUT2D eigenvalue weighted by atomic mass is 10.1. The molecule has 0 amide bonds. The summed E-state index contributed by atoms with van der Waals surface area (Å²) < 4.78 is 5.39. The van der Waals surface area contributed by atoms with E-state index in [1.54, 1.807) is 0 Å². The molecule has 0 unspecified atom stereocenters. The van der Waals surface area contributed by atoms with Crippen molar-refractivity contribution < 1.29 is 4.74 Å². The van der Waals surface area contributed by atoms with Gasteiger partial charge in [0.25, 0.3) is 0 Å². The van der Waals surface area contributed by atoms with Crippen molar-refractivity contribution in [3.05, 3.63) is 29.8 Å². The molecule has 1 aromatic carbocycles. The van der Waals surface area contributed by atoms with Crippen LogP contribution in [0, 0.1) is 0 Å². The summed E-state index contributed by atoms with van der Waals surface area (Å²) >= 11 is 0. The fourth-order valence-electron chi connectivity index (χ4n) is 3.04. The molecule has 0 spiro atoms. The molecular formula is C16H24N2O. The van der Waals surface area contributed by atoms with Gasteiger partial charge in [0.1, 0.15) is 0 Å². The fraction of sp³-hybridized carbons (Fsp3) is 0.625. The van der Waals surface area contributed by atoms with Crippen LogP contribution in [0.25, 0.3) is 0 Å². The Bertz CT molecular complexity index is 378. The molecule has 2 fully saturated rings. The maximum atomic E-state index is 5.39. The average molecular weight is 260 g/mol. The van der Waals surface area contributed by atoms with Crippen LogP contribution in [0.5, 0.6) is 0 Å². The minimum absolute atomic E-state index is 0.749. The van der Waals surface area contributed by atoms with Gasteiger partial charge in [-0.25, -0.2) is 0 Å². The van der Waals surface area contributed by atoms with Crippen molar-refractivity contribution in [1.29, 1.82) is 0 Å². The Morgan fingerprint density at radius 3 is 2.42 bits per heavy atom. The smallest absolute Gasteiger partial charge is 0.0642 e. The molecule has 0 radical (unpaired) electrons. The SMILES string of the molecule is c1cc(N2CCOCC2)ccc1CNC1CCCC1. The van der Waals surface area contributed by atoms with Crippen LogP contribution in [0.3, 0.4) is 0 Å². The van der Waals surface area contributed by atoms with Crippen LogP contribution in [-0.4, -0.2) is 32.3 Å². The molecular weight excluding hydrogens is 236 g/mol. The van der Waals surface area contributed by atoms with Crippen molar-refractivity contribution >= 4 is 5.69 Å². The number of hydrogen-bond donors (Lipinski definition) is 1. The van der Waals surface area contributed by atoms with Gasteiger partial charge in [-0.15, -0.1) is 0 Å². The van der Waals surface area contributed by atoms with Gasteiger partial charge >= 0.3 is 0 Å². The first-order valence-electron chi connectivity index (χ1n) is 7.57. The van der Waals surface area contributed by atoms with E-state index in [-0.39, 0.29) is 0 Å². The van der Waals surface area contributed by atoms with Crippen molar-refractivity contribution in [2.24, 2.45) is 0 Å². The van der Waals surface area contributed by atoms with E-state index in [1.165, 1.54) is 36.9 Å². The maximum Gasteiger partial charge on any atom is 0.0642 e. The van der Waals surface area contributed by atoms with Crippen LogP contribution >= 0.6 is 0 Å². The van der Waals surface area contributed by atoms with E-state index in [9.17, 15) is 0 Å². The molecule has 0 atom stereocenters. The van der Waals surface area contributed by atoms with Crippen molar-refractivity contribution in [3.63, 3.8) is 0 Å². The number of ether oxygens (including phenoxy) is 1. The molecule has 1 heterocycles. The second-order valence-corrected chi connectivity index (χ2v) is 5.63. The Labute approximate surface area is 115 Å². The normalized spacial score (nSPS) is 20.9. The van der Waals surface area contributed by atoms with E-state index in [0.29, 0.717) is 0 Å². The molecule has 0 bridgehead atoms. The average Bonchev–Trinajstić information content (AvgIpc) is 3.00.